The number of fused-ring (bicyclic) bond motifs is 14. The maximum absolute atomic E-state index is 15.6. The van der Waals surface area contributed by atoms with E-state index in [2.05, 4.69) is 39.5 Å². The van der Waals surface area contributed by atoms with Crippen LogP contribution in [0.4, 0.5) is 8.78 Å². The maximum Gasteiger partial charge on any atom is 0.137 e. The standard InChI is InChI=1S/C49H25F2N3O2/c50-29-23-28(24-30(51)25-29)45-39(53-37-13-5-1-9-31(37)33-17-19-43-46(48(33)53)35-11-3-7-15-41(35)55-43)21-27(26-52)22-40(45)54-38-14-6-2-10-32(38)34-18-20-44-47(49(34)54)36-12-4-8-16-42(36)56-44/h1-25H. The van der Waals surface area contributed by atoms with Crippen LogP contribution in [0.25, 0.3) is 110 Å². The van der Waals surface area contributed by atoms with Gasteiger partial charge in [0.05, 0.1) is 55.8 Å². The number of rotatable bonds is 3. The number of para-hydroxylation sites is 4. The van der Waals surface area contributed by atoms with E-state index in [1.807, 2.05) is 109 Å². The van der Waals surface area contributed by atoms with Crippen molar-refractivity contribution in [2.24, 2.45) is 0 Å². The molecule has 0 bridgehead atoms. The number of furan rings is 2. The smallest absolute Gasteiger partial charge is 0.137 e. The summed E-state index contributed by atoms with van der Waals surface area (Å²) in [7, 11) is 0. The van der Waals surface area contributed by atoms with Gasteiger partial charge in [-0.3, -0.25) is 0 Å². The van der Waals surface area contributed by atoms with Crippen LogP contribution in [0.1, 0.15) is 5.56 Å². The van der Waals surface area contributed by atoms with Gasteiger partial charge < -0.3 is 18.0 Å². The zero-order chi connectivity index (χ0) is 37.2. The summed E-state index contributed by atoms with van der Waals surface area (Å²) in [4.78, 5) is 0. The van der Waals surface area contributed by atoms with Gasteiger partial charge in [-0.15, -0.1) is 0 Å². The second-order valence-electron chi connectivity index (χ2n) is 14.2. The van der Waals surface area contributed by atoms with Crippen LogP contribution in [0.15, 0.2) is 160 Å². The van der Waals surface area contributed by atoms with Gasteiger partial charge in [-0.05, 0) is 78.4 Å². The third-order valence-electron chi connectivity index (χ3n) is 11.2. The lowest BCUT2D eigenvalue weighted by Crippen LogP contribution is -2.05. The molecule has 0 amide bonds. The largest absolute Gasteiger partial charge is 0.456 e. The van der Waals surface area contributed by atoms with Gasteiger partial charge in [-0.25, -0.2) is 8.78 Å². The molecule has 0 radical (unpaired) electrons. The van der Waals surface area contributed by atoms with E-state index in [1.54, 1.807) is 0 Å². The van der Waals surface area contributed by atoms with E-state index in [-0.39, 0.29) is 0 Å². The van der Waals surface area contributed by atoms with E-state index >= 15 is 8.78 Å². The monoisotopic (exact) mass is 725 g/mol. The fourth-order valence-electron chi connectivity index (χ4n) is 9.05. The molecule has 4 heterocycles. The number of aromatic nitrogens is 2. The Labute approximate surface area is 316 Å². The van der Waals surface area contributed by atoms with Crippen molar-refractivity contribution in [2.45, 2.75) is 0 Å². The van der Waals surface area contributed by atoms with Crippen LogP contribution >= 0.6 is 0 Å². The molecule has 5 nitrogen and oxygen atoms in total. The quantitative estimate of drug-likeness (QED) is 0.182. The molecule has 8 aromatic carbocycles. The lowest BCUT2D eigenvalue weighted by Gasteiger charge is -2.21. The Bertz CT molecular complexity index is 3480. The van der Waals surface area contributed by atoms with Crippen molar-refractivity contribution < 1.29 is 17.6 Å². The first-order chi connectivity index (χ1) is 27.6. The van der Waals surface area contributed by atoms with Crippen LogP contribution in [-0.4, -0.2) is 9.13 Å². The minimum atomic E-state index is -0.711. The Morgan fingerprint density at radius 3 is 1.38 bits per heavy atom. The summed E-state index contributed by atoms with van der Waals surface area (Å²) in [6, 6.07) is 49.9. The summed E-state index contributed by atoms with van der Waals surface area (Å²) in [5.41, 5.74) is 8.76. The second kappa shape index (κ2) is 11.2. The van der Waals surface area contributed by atoms with Crippen molar-refractivity contribution in [1.29, 1.82) is 5.26 Å². The van der Waals surface area contributed by atoms with E-state index < -0.39 is 11.6 Å². The molecule has 0 fully saturated rings. The molecule has 56 heavy (non-hydrogen) atoms. The van der Waals surface area contributed by atoms with Crippen LogP contribution in [0, 0.1) is 23.0 Å². The number of hydrogen-bond acceptors (Lipinski definition) is 3. The molecule has 4 aromatic heterocycles. The van der Waals surface area contributed by atoms with Crippen LogP contribution < -0.4 is 0 Å². The van der Waals surface area contributed by atoms with Gasteiger partial charge in [0.25, 0.3) is 0 Å². The molecule has 7 heteroatoms. The molecule has 0 aliphatic rings. The Morgan fingerprint density at radius 2 is 0.893 bits per heavy atom. The SMILES string of the molecule is N#Cc1cc(-n2c3ccccc3c3ccc4oc5ccccc5c4c32)c(-c2cc(F)cc(F)c2)c(-n2c3ccccc3c3ccc4oc5ccccc5c4c32)c1. The molecule has 0 N–H and O–H groups in total. The Balaban J connectivity index is 1.35. The van der Waals surface area contributed by atoms with E-state index in [9.17, 15) is 5.26 Å². The maximum atomic E-state index is 15.6. The molecular weight excluding hydrogens is 701 g/mol. The highest BCUT2D eigenvalue weighted by molar-refractivity contribution is 6.26. The second-order valence-corrected chi connectivity index (χ2v) is 14.2. The van der Waals surface area contributed by atoms with Crippen LogP contribution in [0.3, 0.4) is 0 Å². The molecule has 0 aliphatic heterocycles. The first-order valence-electron chi connectivity index (χ1n) is 18.3. The molecule has 0 unspecified atom stereocenters. The molecule has 0 saturated carbocycles. The Morgan fingerprint density at radius 1 is 0.446 bits per heavy atom. The highest BCUT2D eigenvalue weighted by Gasteiger charge is 2.27. The van der Waals surface area contributed by atoms with Crippen molar-refractivity contribution in [3.8, 4) is 28.6 Å². The first kappa shape index (κ1) is 30.7. The van der Waals surface area contributed by atoms with E-state index in [1.165, 1.54) is 12.1 Å². The van der Waals surface area contributed by atoms with Gasteiger partial charge in [0.1, 0.15) is 34.0 Å². The van der Waals surface area contributed by atoms with Gasteiger partial charge in [0.15, 0.2) is 0 Å². The van der Waals surface area contributed by atoms with Crippen molar-refractivity contribution in [1.82, 2.24) is 9.13 Å². The molecule has 0 aliphatic carbocycles. The van der Waals surface area contributed by atoms with E-state index in [0.29, 0.717) is 39.2 Å². The predicted octanol–water partition coefficient (Wildman–Crippen LogP) is 13.5. The topological polar surface area (TPSA) is 59.9 Å². The fraction of sp³-hybridized carbons (Fsp3) is 0. The highest BCUT2D eigenvalue weighted by Crippen LogP contribution is 2.47. The van der Waals surface area contributed by atoms with Crippen molar-refractivity contribution in [2.75, 3.05) is 0 Å². The number of nitriles is 1. The highest BCUT2D eigenvalue weighted by atomic mass is 19.1. The minimum Gasteiger partial charge on any atom is -0.456 e. The van der Waals surface area contributed by atoms with Crippen molar-refractivity contribution in [3.63, 3.8) is 0 Å². The van der Waals surface area contributed by atoms with Gasteiger partial charge in [-0.2, -0.15) is 5.26 Å². The van der Waals surface area contributed by atoms with Gasteiger partial charge in [0.2, 0.25) is 0 Å². The molecule has 262 valence electrons. The summed E-state index contributed by atoms with van der Waals surface area (Å²) < 4.78 is 48.2. The third-order valence-corrected chi connectivity index (χ3v) is 11.2. The van der Waals surface area contributed by atoms with Gasteiger partial charge in [0, 0.05) is 43.9 Å². The summed E-state index contributed by atoms with van der Waals surface area (Å²) in [5, 5.41) is 18.4. The molecular formula is C49H25F2N3O2. The average molecular weight is 726 g/mol. The average Bonchev–Trinajstić information content (AvgIpc) is 3.97. The molecule has 12 rings (SSSR count). The summed E-state index contributed by atoms with van der Waals surface area (Å²) >= 11 is 0. The summed E-state index contributed by atoms with van der Waals surface area (Å²) in [6.45, 7) is 0. The molecule has 0 atom stereocenters. The Kier molecular flexibility index (Phi) is 6.13. The summed E-state index contributed by atoms with van der Waals surface area (Å²) in [5.74, 6) is -1.42. The lowest BCUT2D eigenvalue weighted by molar-refractivity contribution is 0.584. The van der Waals surface area contributed by atoms with Gasteiger partial charge in [-0.1, -0.05) is 72.8 Å². The summed E-state index contributed by atoms with van der Waals surface area (Å²) in [6.07, 6.45) is 0. The number of halogens is 2. The number of nitrogens with zero attached hydrogens (tertiary/aromatic N) is 3. The minimum absolute atomic E-state index is 0.322. The number of benzene rings is 8. The van der Waals surface area contributed by atoms with Crippen LogP contribution in [-0.2, 0) is 0 Å². The third kappa shape index (κ3) is 4.10. The van der Waals surface area contributed by atoms with Crippen molar-refractivity contribution >= 4 is 87.5 Å². The molecule has 12 aromatic rings. The molecule has 0 spiro atoms. The van der Waals surface area contributed by atoms with Crippen LogP contribution in [0.5, 0.6) is 0 Å². The zero-order valence-corrected chi connectivity index (χ0v) is 29.3. The van der Waals surface area contributed by atoms with Crippen molar-refractivity contribution in [3.05, 3.63) is 169 Å². The molecule has 0 saturated heterocycles. The predicted molar refractivity (Wildman–Crippen MR) is 220 cm³/mol. The number of hydrogen-bond donors (Lipinski definition) is 0. The normalized spacial score (nSPS) is 12.1. The van der Waals surface area contributed by atoms with Crippen LogP contribution in [0.2, 0.25) is 0 Å². The fourth-order valence-corrected chi connectivity index (χ4v) is 9.05. The lowest BCUT2D eigenvalue weighted by atomic mass is 9.97. The zero-order valence-electron chi connectivity index (χ0n) is 29.3. The Hall–Kier alpha value is -7.69. The van der Waals surface area contributed by atoms with E-state index in [4.69, 9.17) is 8.83 Å². The first-order valence-corrected chi connectivity index (χ1v) is 18.3. The van der Waals surface area contributed by atoms with Gasteiger partial charge >= 0.3 is 0 Å². The van der Waals surface area contributed by atoms with E-state index in [0.717, 1.165) is 82.4 Å².